The lowest BCUT2D eigenvalue weighted by Crippen LogP contribution is -2.45. The number of rotatable bonds is 7. The molecule has 1 heterocycles. The molecule has 4 N–H and O–H groups in total. The maximum absolute atomic E-state index is 9.55. The van der Waals surface area contributed by atoms with Gasteiger partial charge >= 0.3 is 0 Å². The molecule has 0 unspecified atom stereocenters. The lowest BCUT2D eigenvalue weighted by Gasteiger charge is -2.31. The van der Waals surface area contributed by atoms with Crippen LogP contribution in [0.25, 0.3) is 0 Å². The number of anilines is 2. The highest BCUT2D eigenvalue weighted by atomic mass is 16.3. The van der Waals surface area contributed by atoms with Crippen molar-refractivity contribution >= 4 is 11.6 Å². The van der Waals surface area contributed by atoms with Crippen LogP contribution >= 0.6 is 0 Å². The third-order valence-electron chi connectivity index (χ3n) is 3.58. The number of hydrogen-bond donors (Lipinski definition) is 4. The van der Waals surface area contributed by atoms with Crippen molar-refractivity contribution in [1.82, 2.24) is 9.97 Å². The van der Waals surface area contributed by atoms with E-state index in [1.165, 1.54) is 0 Å². The van der Waals surface area contributed by atoms with E-state index in [1.54, 1.807) is 0 Å². The maximum Gasteiger partial charge on any atom is 0.135 e. The molecular formula is C14H26N4O2. The topological polar surface area (TPSA) is 90.3 Å². The van der Waals surface area contributed by atoms with Crippen LogP contribution in [0.5, 0.6) is 0 Å². The van der Waals surface area contributed by atoms with Crippen molar-refractivity contribution in [2.75, 3.05) is 30.9 Å². The lowest BCUT2D eigenvalue weighted by atomic mass is 9.98. The molecule has 6 heteroatoms. The molecule has 1 aromatic heterocycles. The molecule has 0 spiro atoms. The highest BCUT2D eigenvalue weighted by Gasteiger charge is 2.28. The molecule has 0 aliphatic rings. The van der Waals surface area contributed by atoms with Crippen LogP contribution in [0.15, 0.2) is 0 Å². The van der Waals surface area contributed by atoms with E-state index in [9.17, 15) is 10.2 Å². The summed E-state index contributed by atoms with van der Waals surface area (Å²) in [5.74, 6) is 2.33. The number of hydrogen-bond acceptors (Lipinski definition) is 6. The van der Waals surface area contributed by atoms with E-state index >= 15 is 0 Å². The fraction of sp³-hybridized carbons (Fsp3) is 0.714. The molecule has 0 radical (unpaired) electrons. The fourth-order valence-electron chi connectivity index (χ4n) is 1.85. The number of aromatic nitrogens is 2. The van der Waals surface area contributed by atoms with Crippen molar-refractivity contribution in [2.24, 2.45) is 0 Å². The second-order valence-corrected chi connectivity index (χ2v) is 5.38. The predicted octanol–water partition coefficient (Wildman–Crippen LogP) is 1.50. The molecular weight excluding hydrogens is 256 g/mol. The predicted molar refractivity (Wildman–Crippen MR) is 81.2 cm³/mol. The van der Waals surface area contributed by atoms with Crippen LogP contribution in [0.2, 0.25) is 0 Å². The van der Waals surface area contributed by atoms with Crippen LogP contribution < -0.4 is 10.6 Å². The molecule has 0 aliphatic heterocycles. The van der Waals surface area contributed by atoms with Gasteiger partial charge < -0.3 is 20.8 Å². The molecule has 1 rings (SSSR count). The van der Waals surface area contributed by atoms with Gasteiger partial charge in [0.25, 0.3) is 0 Å². The molecule has 0 aliphatic carbocycles. The molecule has 0 aromatic carbocycles. The van der Waals surface area contributed by atoms with E-state index in [-0.39, 0.29) is 19.1 Å². The van der Waals surface area contributed by atoms with Gasteiger partial charge in [-0.25, -0.2) is 9.97 Å². The number of nitrogens with one attached hydrogen (secondary N) is 2. The third kappa shape index (κ3) is 3.37. The normalized spacial score (nSPS) is 11.8. The molecule has 0 atom stereocenters. The second kappa shape index (κ2) is 6.85. The fourth-order valence-corrected chi connectivity index (χ4v) is 1.85. The molecule has 0 saturated heterocycles. The standard InChI is InChI=1S/C14H26N4O2/c1-6-14(7-19,8-20)18-13-10(4)12(15-5)16-11(17-13)9(2)3/h9,19-20H,6-8H2,1-5H3,(H2,15,16,17,18). The summed E-state index contributed by atoms with van der Waals surface area (Å²) in [7, 11) is 1.81. The summed E-state index contributed by atoms with van der Waals surface area (Å²) in [5.41, 5.74) is 0.106. The Bertz CT molecular complexity index is 437. The first-order chi connectivity index (χ1) is 9.42. The van der Waals surface area contributed by atoms with Crippen molar-refractivity contribution in [3.63, 3.8) is 0 Å². The smallest absolute Gasteiger partial charge is 0.135 e. The van der Waals surface area contributed by atoms with Crippen molar-refractivity contribution in [3.05, 3.63) is 11.4 Å². The minimum atomic E-state index is -0.766. The van der Waals surface area contributed by atoms with Gasteiger partial charge in [-0.3, -0.25) is 0 Å². The SMILES string of the molecule is CCC(CO)(CO)Nc1nc(C(C)C)nc(NC)c1C. The zero-order valence-corrected chi connectivity index (χ0v) is 13.0. The molecule has 0 bridgehead atoms. The van der Waals surface area contributed by atoms with Gasteiger partial charge in [-0.1, -0.05) is 20.8 Å². The van der Waals surface area contributed by atoms with Crippen molar-refractivity contribution in [1.29, 1.82) is 0 Å². The van der Waals surface area contributed by atoms with Crippen LogP contribution in [0.4, 0.5) is 11.6 Å². The van der Waals surface area contributed by atoms with Gasteiger partial charge in [0.1, 0.15) is 17.5 Å². The average Bonchev–Trinajstić information content (AvgIpc) is 2.46. The zero-order valence-electron chi connectivity index (χ0n) is 13.0. The number of aliphatic hydroxyl groups excluding tert-OH is 2. The molecule has 1 aromatic rings. The number of nitrogens with zero attached hydrogens (tertiary/aromatic N) is 2. The number of aliphatic hydroxyl groups is 2. The largest absolute Gasteiger partial charge is 0.394 e. The van der Waals surface area contributed by atoms with E-state index in [2.05, 4.69) is 20.6 Å². The Morgan fingerprint density at radius 3 is 2.10 bits per heavy atom. The first kappa shape index (κ1) is 16.7. The zero-order chi connectivity index (χ0) is 15.3. The second-order valence-electron chi connectivity index (χ2n) is 5.38. The Morgan fingerprint density at radius 1 is 1.15 bits per heavy atom. The van der Waals surface area contributed by atoms with Gasteiger partial charge in [-0.15, -0.1) is 0 Å². The van der Waals surface area contributed by atoms with E-state index in [1.807, 2.05) is 34.7 Å². The minimum absolute atomic E-state index is 0.157. The first-order valence-corrected chi connectivity index (χ1v) is 6.99. The van der Waals surface area contributed by atoms with Crippen LogP contribution in [-0.2, 0) is 0 Å². The Hall–Kier alpha value is -1.40. The third-order valence-corrected chi connectivity index (χ3v) is 3.58. The van der Waals surface area contributed by atoms with Gasteiger partial charge in [0.15, 0.2) is 0 Å². The lowest BCUT2D eigenvalue weighted by molar-refractivity contribution is 0.132. The van der Waals surface area contributed by atoms with E-state index in [0.29, 0.717) is 12.2 Å². The molecule has 6 nitrogen and oxygen atoms in total. The van der Waals surface area contributed by atoms with Crippen LogP contribution in [0.3, 0.4) is 0 Å². The van der Waals surface area contributed by atoms with E-state index in [4.69, 9.17) is 0 Å². The molecule has 114 valence electrons. The van der Waals surface area contributed by atoms with Crippen molar-refractivity contribution < 1.29 is 10.2 Å². The monoisotopic (exact) mass is 282 g/mol. The van der Waals surface area contributed by atoms with E-state index < -0.39 is 5.54 Å². The van der Waals surface area contributed by atoms with Gasteiger partial charge in [-0.2, -0.15) is 0 Å². The summed E-state index contributed by atoms with van der Waals surface area (Å²) >= 11 is 0. The highest BCUT2D eigenvalue weighted by molar-refractivity contribution is 5.58. The van der Waals surface area contributed by atoms with Crippen molar-refractivity contribution in [3.8, 4) is 0 Å². The average molecular weight is 282 g/mol. The van der Waals surface area contributed by atoms with Gasteiger partial charge in [0.05, 0.1) is 18.8 Å². The summed E-state index contributed by atoms with van der Waals surface area (Å²) in [6, 6.07) is 0. The van der Waals surface area contributed by atoms with Crippen molar-refractivity contribution in [2.45, 2.75) is 45.6 Å². The van der Waals surface area contributed by atoms with Crippen LogP contribution in [0, 0.1) is 6.92 Å². The maximum atomic E-state index is 9.55. The van der Waals surface area contributed by atoms with Crippen LogP contribution in [0.1, 0.15) is 44.5 Å². The van der Waals surface area contributed by atoms with Gasteiger partial charge in [0.2, 0.25) is 0 Å². The minimum Gasteiger partial charge on any atom is -0.394 e. The molecule has 0 amide bonds. The summed E-state index contributed by atoms with van der Waals surface area (Å²) < 4.78 is 0. The summed E-state index contributed by atoms with van der Waals surface area (Å²) in [4.78, 5) is 9.00. The Balaban J connectivity index is 3.25. The molecule has 20 heavy (non-hydrogen) atoms. The Labute approximate surface area is 120 Å². The summed E-state index contributed by atoms with van der Waals surface area (Å²) in [5, 5.41) is 25.3. The molecule has 0 fully saturated rings. The summed E-state index contributed by atoms with van der Waals surface area (Å²) in [6.07, 6.45) is 0.593. The van der Waals surface area contributed by atoms with Crippen LogP contribution in [-0.4, -0.2) is 46.0 Å². The summed E-state index contributed by atoms with van der Waals surface area (Å²) in [6.45, 7) is 7.56. The van der Waals surface area contributed by atoms with Gasteiger partial charge in [0, 0.05) is 18.5 Å². The van der Waals surface area contributed by atoms with E-state index in [0.717, 1.165) is 17.2 Å². The molecule has 0 saturated carbocycles. The quantitative estimate of drug-likeness (QED) is 0.606. The first-order valence-electron chi connectivity index (χ1n) is 6.99. The Morgan fingerprint density at radius 2 is 1.70 bits per heavy atom. The highest BCUT2D eigenvalue weighted by Crippen LogP contribution is 2.26. The Kier molecular flexibility index (Phi) is 5.71. The van der Waals surface area contributed by atoms with Gasteiger partial charge in [-0.05, 0) is 13.3 Å².